The Morgan fingerprint density at radius 1 is 1.15 bits per heavy atom. The Hall–Kier alpha value is -2.41. The Balaban J connectivity index is 2.45. The fourth-order valence-electron chi connectivity index (χ4n) is 2.34. The molecule has 0 aliphatic carbocycles. The van der Waals surface area contributed by atoms with Gasteiger partial charge in [0.05, 0.1) is 10.6 Å². The van der Waals surface area contributed by atoms with E-state index in [4.69, 9.17) is 0 Å². The van der Waals surface area contributed by atoms with E-state index in [-0.39, 0.29) is 16.6 Å². The monoisotopic (exact) mass is 378 g/mol. The predicted octanol–water partition coefficient (Wildman–Crippen LogP) is 3.24. The molecule has 0 saturated heterocycles. The number of nitrogens with zero attached hydrogens (tertiary/aromatic N) is 1. The summed E-state index contributed by atoms with van der Waals surface area (Å²) >= 11 is 0. The van der Waals surface area contributed by atoms with Crippen LogP contribution in [0.25, 0.3) is 0 Å². The number of sulfonamides is 1. The molecule has 0 radical (unpaired) electrons. The number of carbonyl (C=O) groups excluding carboxylic acids is 1. The van der Waals surface area contributed by atoms with E-state index < -0.39 is 28.3 Å². The van der Waals surface area contributed by atoms with Gasteiger partial charge in [-0.25, -0.2) is 12.8 Å². The first-order valence-electron chi connectivity index (χ1n) is 8.39. The van der Waals surface area contributed by atoms with E-state index in [1.807, 2.05) is 20.8 Å². The number of aryl methyl sites for hydroxylation is 1. The number of benzene rings is 2. The number of anilines is 1. The minimum absolute atomic E-state index is 0.00249. The maximum absolute atomic E-state index is 14.3. The second-order valence-electron chi connectivity index (χ2n) is 6.15. The minimum Gasteiger partial charge on any atom is -0.352 e. The lowest BCUT2D eigenvalue weighted by Gasteiger charge is -2.25. The molecule has 2 rings (SSSR count). The molecule has 2 aromatic rings. The smallest absolute Gasteiger partial charge is 0.264 e. The fourth-order valence-corrected chi connectivity index (χ4v) is 3.77. The number of amides is 1. The number of hydrogen-bond donors (Lipinski definition) is 1. The molecule has 0 aliphatic heterocycles. The van der Waals surface area contributed by atoms with Crippen LogP contribution in [0.15, 0.2) is 53.4 Å². The van der Waals surface area contributed by atoms with Gasteiger partial charge in [0.25, 0.3) is 10.0 Å². The standard InChI is InChI=1S/C19H23FN2O3S/c1-4-15(3)21-19(23)13-22(18-8-6-5-7-17(18)20)26(24,25)16-11-9-14(2)10-12-16/h5-12,15H,4,13H2,1-3H3,(H,21,23). The molecule has 1 unspecified atom stereocenters. The second kappa shape index (κ2) is 8.31. The van der Waals surface area contributed by atoms with E-state index >= 15 is 0 Å². The fraction of sp³-hybridized carbons (Fsp3) is 0.316. The third-order valence-electron chi connectivity index (χ3n) is 4.04. The summed E-state index contributed by atoms with van der Waals surface area (Å²) in [6, 6.07) is 11.6. The Kier molecular flexibility index (Phi) is 6.37. The van der Waals surface area contributed by atoms with Crippen molar-refractivity contribution in [3.63, 3.8) is 0 Å². The third kappa shape index (κ3) is 4.60. The zero-order chi connectivity index (χ0) is 19.3. The lowest BCUT2D eigenvalue weighted by molar-refractivity contribution is -0.120. The van der Waals surface area contributed by atoms with Gasteiger partial charge in [-0.1, -0.05) is 36.8 Å². The van der Waals surface area contributed by atoms with E-state index in [0.29, 0.717) is 6.42 Å². The van der Waals surface area contributed by atoms with Crippen molar-refractivity contribution >= 4 is 21.6 Å². The first kappa shape index (κ1) is 19.9. The van der Waals surface area contributed by atoms with E-state index in [9.17, 15) is 17.6 Å². The van der Waals surface area contributed by atoms with Gasteiger partial charge >= 0.3 is 0 Å². The van der Waals surface area contributed by atoms with Gasteiger partial charge in [-0.3, -0.25) is 9.10 Å². The Labute approximate surface area is 153 Å². The van der Waals surface area contributed by atoms with Crippen LogP contribution in [0.1, 0.15) is 25.8 Å². The van der Waals surface area contributed by atoms with Crippen molar-refractivity contribution in [2.75, 3.05) is 10.8 Å². The molecular weight excluding hydrogens is 355 g/mol. The Bertz CT molecular complexity index is 867. The SMILES string of the molecule is CCC(C)NC(=O)CN(c1ccccc1F)S(=O)(=O)c1ccc(C)cc1. The summed E-state index contributed by atoms with van der Waals surface area (Å²) in [7, 11) is -4.10. The van der Waals surface area contributed by atoms with Crippen LogP contribution in [0.3, 0.4) is 0 Å². The minimum atomic E-state index is -4.10. The van der Waals surface area contributed by atoms with E-state index in [2.05, 4.69) is 5.32 Å². The number of para-hydroxylation sites is 1. The topological polar surface area (TPSA) is 66.5 Å². The van der Waals surface area contributed by atoms with E-state index in [1.165, 1.54) is 36.4 Å². The van der Waals surface area contributed by atoms with Crippen molar-refractivity contribution in [3.05, 3.63) is 59.9 Å². The van der Waals surface area contributed by atoms with Crippen LogP contribution in [0.2, 0.25) is 0 Å². The largest absolute Gasteiger partial charge is 0.352 e. The zero-order valence-corrected chi connectivity index (χ0v) is 15.9. The number of rotatable bonds is 7. The highest BCUT2D eigenvalue weighted by Gasteiger charge is 2.29. The molecule has 0 saturated carbocycles. The molecule has 0 fully saturated rings. The molecule has 0 aliphatic rings. The maximum Gasteiger partial charge on any atom is 0.264 e. The van der Waals surface area contributed by atoms with Gasteiger partial charge in [-0.2, -0.15) is 0 Å². The van der Waals surface area contributed by atoms with Crippen molar-refractivity contribution in [2.24, 2.45) is 0 Å². The number of carbonyl (C=O) groups is 1. The van der Waals surface area contributed by atoms with Gasteiger partial charge in [-0.05, 0) is 44.5 Å². The first-order valence-corrected chi connectivity index (χ1v) is 9.83. The molecule has 2 aromatic carbocycles. The summed E-state index contributed by atoms with van der Waals surface area (Å²) in [5.41, 5.74) is 0.739. The van der Waals surface area contributed by atoms with Crippen LogP contribution in [0, 0.1) is 12.7 Å². The third-order valence-corrected chi connectivity index (χ3v) is 5.81. The van der Waals surface area contributed by atoms with Crippen LogP contribution < -0.4 is 9.62 Å². The molecule has 1 amide bonds. The normalized spacial score (nSPS) is 12.5. The summed E-state index contributed by atoms with van der Waals surface area (Å²) in [4.78, 5) is 12.3. The Morgan fingerprint density at radius 2 is 1.77 bits per heavy atom. The van der Waals surface area contributed by atoms with Crippen LogP contribution in [-0.4, -0.2) is 26.9 Å². The van der Waals surface area contributed by atoms with Gasteiger partial charge in [-0.15, -0.1) is 0 Å². The highest BCUT2D eigenvalue weighted by molar-refractivity contribution is 7.92. The zero-order valence-electron chi connectivity index (χ0n) is 15.1. The predicted molar refractivity (Wildman–Crippen MR) is 100 cm³/mol. The number of hydrogen-bond acceptors (Lipinski definition) is 3. The molecule has 0 heterocycles. The highest BCUT2D eigenvalue weighted by atomic mass is 32.2. The van der Waals surface area contributed by atoms with Crippen LogP contribution in [0.4, 0.5) is 10.1 Å². The average molecular weight is 378 g/mol. The van der Waals surface area contributed by atoms with Crippen LogP contribution in [0.5, 0.6) is 0 Å². The van der Waals surface area contributed by atoms with Crippen molar-refractivity contribution in [1.29, 1.82) is 0 Å². The summed E-state index contributed by atoms with van der Waals surface area (Å²) in [5.74, 6) is -1.20. The average Bonchev–Trinajstić information content (AvgIpc) is 2.60. The molecule has 7 heteroatoms. The van der Waals surface area contributed by atoms with Gasteiger partial charge in [0.1, 0.15) is 12.4 Å². The molecule has 1 atom stereocenters. The van der Waals surface area contributed by atoms with Gasteiger partial charge < -0.3 is 5.32 Å². The molecule has 0 spiro atoms. The molecule has 0 bridgehead atoms. The number of halogens is 1. The summed E-state index contributed by atoms with van der Waals surface area (Å²) < 4.78 is 41.2. The molecule has 1 N–H and O–H groups in total. The van der Waals surface area contributed by atoms with Crippen molar-refractivity contribution < 1.29 is 17.6 Å². The lowest BCUT2D eigenvalue weighted by Crippen LogP contribution is -2.43. The number of nitrogens with one attached hydrogen (secondary N) is 1. The summed E-state index contributed by atoms with van der Waals surface area (Å²) in [6.07, 6.45) is 0.705. The first-order chi connectivity index (χ1) is 12.3. The summed E-state index contributed by atoms with van der Waals surface area (Å²) in [6.45, 7) is 5.06. The second-order valence-corrected chi connectivity index (χ2v) is 8.02. The van der Waals surface area contributed by atoms with Crippen LogP contribution in [-0.2, 0) is 14.8 Å². The van der Waals surface area contributed by atoms with Crippen molar-refractivity contribution in [2.45, 2.75) is 38.1 Å². The van der Waals surface area contributed by atoms with Crippen molar-refractivity contribution in [3.8, 4) is 0 Å². The van der Waals surface area contributed by atoms with Gasteiger partial charge in [0, 0.05) is 6.04 Å². The molecule has 26 heavy (non-hydrogen) atoms. The quantitative estimate of drug-likeness (QED) is 0.804. The maximum atomic E-state index is 14.3. The molecule has 5 nitrogen and oxygen atoms in total. The van der Waals surface area contributed by atoms with Gasteiger partial charge in [0.15, 0.2) is 0 Å². The highest BCUT2D eigenvalue weighted by Crippen LogP contribution is 2.26. The van der Waals surface area contributed by atoms with Gasteiger partial charge in [0.2, 0.25) is 5.91 Å². The van der Waals surface area contributed by atoms with E-state index in [0.717, 1.165) is 9.87 Å². The molecule has 0 aromatic heterocycles. The van der Waals surface area contributed by atoms with Crippen LogP contribution >= 0.6 is 0 Å². The molecule has 140 valence electrons. The lowest BCUT2D eigenvalue weighted by atomic mass is 10.2. The van der Waals surface area contributed by atoms with E-state index in [1.54, 1.807) is 12.1 Å². The summed E-state index contributed by atoms with van der Waals surface area (Å²) in [5, 5.41) is 2.71. The van der Waals surface area contributed by atoms with Crippen molar-refractivity contribution in [1.82, 2.24) is 5.32 Å². The molecular formula is C19H23FN2O3S. The Morgan fingerprint density at radius 3 is 2.35 bits per heavy atom.